The predicted molar refractivity (Wildman–Crippen MR) is 177 cm³/mol. The zero-order chi connectivity index (χ0) is 21.3. The summed E-state index contributed by atoms with van der Waals surface area (Å²) in [6, 6.07) is 0. The molecule has 0 fully saturated rings. The van der Waals surface area contributed by atoms with Crippen LogP contribution >= 0.6 is 153 Å². The van der Waals surface area contributed by atoms with Crippen molar-refractivity contribution in [3.05, 3.63) is 60.8 Å². The molecule has 0 saturated heterocycles. The van der Waals surface area contributed by atoms with Crippen LogP contribution < -0.4 is 0 Å². The molecular formula is C18H18S13Zn. The van der Waals surface area contributed by atoms with Crippen molar-refractivity contribution >= 4 is 153 Å². The zero-order valence-corrected chi connectivity index (χ0v) is 31.6. The largest absolute Gasteiger partial charge is 2.00 e. The minimum Gasteiger partial charge on any atom is -0.358 e. The summed E-state index contributed by atoms with van der Waals surface area (Å²) >= 11 is 24.6. The van der Waals surface area contributed by atoms with Gasteiger partial charge < -0.3 is 7.43 Å². The third-order valence-corrected chi connectivity index (χ3v) is 21.2. The Morgan fingerprint density at radius 2 is 0.875 bits per heavy atom. The molecule has 170 valence electrons. The van der Waals surface area contributed by atoms with Gasteiger partial charge in [0.15, 0.2) is 0 Å². The Morgan fingerprint density at radius 1 is 0.500 bits per heavy atom. The maximum atomic E-state index is 3.63. The molecule has 0 aromatic rings. The van der Waals surface area contributed by atoms with Gasteiger partial charge in [-0.05, 0) is 35.5 Å². The van der Waals surface area contributed by atoms with Crippen LogP contribution in [0.3, 0.4) is 0 Å². The van der Waals surface area contributed by atoms with Crippen LogP contribution in [0.15, 0.2) is 47.9 Å². The first kappa shape index (κ1) is 31.8. The molecule has 0 bridgehead atoms. The van der Waals surface area contributed by atoms with E-state index < -0.39 is 0 Å². The second kappa shape index (κ2) is 15.3. The van der Waals surface area contributed by atoms with Crippen molar-refractivity contribution in [3.63, 3.8) is 0 Å². The standard InChI is InChI=1S/C17H15S13.CH3.Zn/c1-18-9-8(25-16(26-9)17-29-12(21-4)13(22-5)30-17)7-6-23-14(24-7)15-27-10(19-2)11(20-3)28-15;;/h1-5H3;1H3;/q2*-1;+2. The second-order valence-electron chi connectivity index (χ2n) is 5.18. The van der Waals surface area contributed by atoms with Crippen molar-refractivity contribution in [2.24, 2.45) is 0 Å². The van der Waals surface area contributed by atoms with Gasteiger partial charge in [0.25, 0.3) is 0 Å². The number of hydrogen-bond donors (Lipinski definition) is 0. The summed E-state index contributed by atoms with van der Waals surface area (Å²) in [5.41, 5.74) is 0. The van der Waals surface area contributed by atoms with E-state index in [0.29, 0.717) is 0 Å². The molecule has 14 heteroatoms. The first-order valence-electron chi connectivity index (χ1n) is 8.08. The molecule has 0 amide bonds. The van der Waals surface area contributed by atoms with Crippen LogP contribution in [0, 0.1) is 12.8 Å². The Morgan fingerprint density at radius 3 is 1.31 bits per heavy atom. The Labute approximate surface area is 260 Å². The molecule has 32 heavy (non-hydrogen) atoms. The topological polar surface area (TPSA) is 0 Å². The molecular weight excluding hydrogens is 698 g/mol. The van der Waals surface area contributed by atoms with Crippen LogP contribution in [0.5, 0.6) is 0 Å². The van der Waals surface area contributed by atoms with Crippen molar-refractivity contribution in [1.29, 1.82) is 0 Å². The van der Waals surface area contributed by atoms with Gasteiger partial charge in [0.05, 0.1) is 29.7 Å². The van der Waals surface area contributed by atoms with Crippen LogP contribution in [-0.2, 0) is 19.5 Å². The van der Waals surface area contributed by atoms with Crippen molar-refractivity contribution < 1.29 is 19.5 Å². The Balaban J connectivity index is 0.00000181. The summed E-state index contributed by atoms with van der Waals surface area (Å²) in [6.45, 7) is 0. The van der Waals surface area contributed by atoms with Gasteiger partial charge in [-0.2, -0.15) is 17.2 Å². The van der Waals surface area contributed by atoms with Crippen LogP contribution in [0.2, 0.25) is 0 Å². The van der Waals surface area contributed by atoms with E-state index in [1.165, 1.54) is 47.9 Å². The Bertz CT molecular complexity index is 905. The second-order valence-corrected chi connectivity index (χ2v) is 19.6. The average Bonchev–Trinajstić information content (AvgIpc) is 3.55. The molecule has 0 nitrogen and oxygen atoms in total. The molecule has 0 aliphatic carbocycles. The number of hydrogen-bond acceptors (Lipinski definition) is 13. The molecule has 0 aromatic carbocycles. The zero-order valence-electron chi connectivity index (χ0n) is 18.0. The molecule has 4 aliphatic rings. The molecule has 0 N–H and O–H groups in total. The van der Waals surface area contributed by atoms with Gasteiger partial charge in [0.2, 0.25) is 0 Å². The van der Waals surface area contributed by atoms with Gasteiger partial charge in [-0.1, -0.05) is 58.8 Å². The van der Waals surface area contributed by atoms with Crippen LogP contribution in [-0.4, -0.2) is 31.3 Å². The Hall–Kier alpha value is 3.61. The third kappa shape index (κ3) is 7.17. The van der Waals surface area contributed by atoms with Crippen LogP contribution in [0.4, 0.5) is 0 Å². The predicted octanol–water partition coefficient (Wildman–Crippen LogP) is 11.5. The van der Waals surface area contributed by atoms with E-state index in [0.717, 1.165) is 0 Å². The normalized spacial score (nSPS) is 21.2. The summed E-state index contributed by atoms with van der Waals surface area (Å²) < 4.78 is 12.8. The van der Waals surface area contributed by atoms with Crippen molar-refractivity contribution in [2.45, 2.75) is 0 Å². The van der Waals surface area contributed by atoms with E-state index in [9.17, 15) is 0 Å². The van der Waals surface area contributed by atoms with E-state index in [-0.39, 0.29) is 26.9 Å². The first-order chi connectivity index (χ1) is 14.6. The fourth-order valence-electron chi connectivity index (χ4n) is 2.26. The van der Waals surface area contributed by atoms with Gasteiger partial charge in [-0.3, -0.25) is 0 Å². The summed E-state index contributed by atoms with van der Waals surface area (Å²) in [4.78, 5) is 2.68. The number of rotatable bonds is 6. The molecule has 0 spiro atoms. The van der Waals surface area contributed by atoms with Gasteiger partial charge in [-0.15, -0.1) is 80.4 Å². The molecule has 4 heterocycles. The van der Waals surface area contributed by atoms with Crippen LogP contribution in [0.1, 0.15) is 0 Å². The third-order valence-electron chi connectivity index (χ3n) is 3.54. The minimum atomic E-state index is 0. The average molecular weight is 717 g/mol. The summed E-state index contributed by atoms with van der Waals surface area (Å²) in [5.74, 6) is 0. The van der Waals surface area contributed by atoms with Gasteiger partial charge in [0.1, 0.15) is 0 Å². The summed E-state index contributed by atoms with van der Waals surface area (Å²) in [7, 11) is 0. The minimum absolute atomic E-state index is 0. The monoisotopic (exact) mass is 714 g/mol. The van der Waals surface area contributed by atoms with Gasteiger partial charge in [-0.25, -0.2) is 11.8 Å². The molecule has 4 rings (SSSR count). The van der Waals surface area contributed by atoms with Crippen LogP contribution in [0.25, 0.3) is 0 Å². The molecule has 4 aliphatic heterocycles. The van der Waals surface area contributed by atoms with E-state index in [1.54, 1.807) is 11.8 Å². The smallest absolute Gasteiger partial charge is 0.358 e. The van der Waals surface area contributed by atoms with E-state index in [4.69, 9.17) is 0 Å². The van der Waals surface area contributed by atoms with Crippen molar-refractivity contribution in [1.82, 2.24) is 0 Å². The fourth-order valence-corrected chi connectivity index (χ4v) is 18.9. The molecule has 0 saturated carbocycles. The quantitative estimate of drug-likeness (QED) is 0.189. The Kier molecular flexibility index (Phi) is 15.2. The molecule has 0 radical (unpaired) electrons. The molecule has 0 aromatic heterocycles. The van der Waals surface area contributed by atoms with E-state index in [1.807, 2.05) is 141 Å². The van der Waals surface area contributed by atoms with Gasteiger partial charge in [0, 0.05) is 4.24 Å². The summed E-state index contributed by atoms with van der Waals surface area (Å²) in [5, 5.41) is 3.63. The van der Waals surface area contributed by atoms with Crippen molar-refractivity contribution in [3.8, 4) is 0 Å². The fraction of sp³-hybridized carbons (Fsp3) is 0.278. The maximum absolute atomic E-state index is 3.63. The van der Waals surface area contributed by atoms with E-state index >= 15 is 0 Å². The summed E-state index contributed by atoms with van der Waals surface area (Å²) in [6.07, 6.45) is 10.9. The first-order valence-corrected chi connectivity index (χ1v) is 20.7. The molecule has 0 atom stereocenters. The number of thioether (sulfide) groups is 13. The SMILES string of the molecule is CSC1=C(SC)SC(=C2S[C-]=C(C3=C(SC)SC(=C4SC(SC)=C(SC)S4)S3)S2)S1.[CH3-].[Zn+2]. The van der Waals surface area contributed by atoms with Gasteiger partial charge >= 0.3 is 19.5 Å². The van der Waals surface area contributed by atoms with Crippen molar-refractivity contribution in [2.75, 3.05) is 31.3 Å². The molecule has 0 unspecified atom stereocenters. The maximum Gasteiger partial charge on any atom is 2.00 e. The van der Waals surface area contributed by atoms with E-state index in [2.05, 4.69) is 36.7 Å².